The summed E-state index contributed by atoms with van der Waals surface area (Å²) in [7, 11) is 0. The lowest BCUT2D eigenvalue weighted by atomic mass is 9.92. The van der Waals surface area contributed by atoms with Gasteiger partial charge in [0, 0.05) is 29.9 Å². The van der Waals surface area contributed by atoms with Crippen molar-refractivity contribution in [1.82, 2.24) is 9.97 Å². The van der Waals surface area contributed by atoms with Gasteiger partial charge in [0.05, 0.1) is 5.39 Å². The molecule has 3 heterocycles. The maximum absolute atomic E-state index is 11.4. The van der Waals surface area contributed by atoms with E-state index < -0.39 is 0 Å². The number of primary amides is 1. The minimum atomic E-state index is -0.184. The molecule has 0 spiro atoms. The highest BCUT2D eigenvalue weighted by Crippen LogP contribution is 2.39. The van der Waals surface area contributed by atoms with E-state index in [2.05, 4.69) is 14.9 Å². The number of fused-ring (bicyclic) bond motifs is 3. The van der Waals surface area contributed by atoms with Crippen LogP contribution in [0, 0.1) is 5.92 Å². The van der Waals surface area contributed by atoms with Gasteiger partial charge in [-0.15, -0.1) is 11.3 Å². The molecule has 7 heteroatoms. The molecule has 6 nitrogen and oxygen atoms in total. The first-order chi connectivity index (χ1) is 11.1. The van der Waals surface area contributed by atoms with Crippen LogP contribution in [0.2, 0.25) is 0 Å². The lowest BCUT2D eigenvalue weighted by Crippen LogP contribution is -2.39. The van der Waals surface area contributed by atoms with Crippen LogP contribution in [0.3, 0.4) is 0 Å². The third-order valence-corrected chi connectivity index (χ3v) is 6.26. The molecule has 4 N–H and O–H groups in total. The topological polar surface area (TPSA) is 98.1 Å². The zero-order valence-corrected chi connectivity index (χ0v) is 13.8. The first-order valence-corrected chi connectivity index (χ1v) is 9.00. The lowest BCUT2D eigenvalue weighted by Gasteiger charge is -2.32. The molecule has 1 atom stereocenters. The SMILES string of the molecule is NC(=O)C1CCN(c2ncnc3sc4c(c23)C[C@H](N)CC4)CC1. The number of aryl methyl sites for hydroxylation is 1. The van der Waals surface area contributed by atoms with Gasteiger partial charge in [-0.25, -0.2) is 9.97 Å². The fraction of sp³-hybridized carbons (Fsp3) is 0.562. The number of anilines is 1. The molecule has 2 aliphatic rings. The molecule has 1 amide bonds. The highest BCUT2D eigenvalue weighted by molar-refractivity contribution is 7.19. The fourth-order valence-corrected chi connectivity index (χ4v) is 4.91. The Morgan fingerprint density at radius 2 is 2.04 bits per heavy atom. The molecule has 1 fully saturated rings. The Balaban J connectivity index is 1.71. The molecule has 2 aromatic rings. The number of hydrogen-bond donors (Lipinski definition) is 2. The Kier molecular flexibility index (Phi) is 3.69. The van der Waals surface area contributed by atoms with Crippen molar-refractivity contribution >= 4 is 33.3 Å². The van der Waals surface area contributed by atoms with Crippen LogP contribution in [0.25, 0.3) is 10.2 Å². The Hall–Kier alpha value is -1.73. The zero-order valence-electron chi connectivity index (χ0n) is 13.0. The van der Waals surface area contributed by atoms with E-state index in [9.17, 15) is 4.79 Å². The van der Waals surface area contributed by atoms with Gasteiger partial charge in [0.2, 0.25) is 5.91 Å². The molecular weight excluding hydrogens is 310 g/mol. The van der Waals surface area contributed by atoms with Gasteiger partial charge in [0.1, 0.15) is 17.0 Å². The number of aromatic nitrogens is 2. The van der Waals surface area contributed by atoms with Crippen LogP contribution in [0.15, 0.2) is 6.33 Å². The van der Waals surface area contributed by atoms with Gasteiger partial charge >= 0.3 is 0 Å². The molecule has 1 aliphatic carbocycles. The van der Waals surface area contributed by atoms with E-state index in [1.165, 1.54) is 15.8 Å². The van der Waals surface area contributed by atoms with Gasteiger partial charge in [-0.3, -0.25) is 4.79 Å². The summed E-state index contributed by atoms with van der Waals surface area (Å²) in [5, 5.41) is 1.18. The minimum absolute atomic E-state index is 0.00612. The van der Waals surface area contributed by atoms with Crippen LogP contribution < -0.4 is 16.4 Å². The van der Waals surface area contributed by atoms with Crippen molar-refractivity contribution < 1.29 is 4.79 Å². The lowest BCUT2D eigenvalue weighted by molar-refractivity contribution is -0.122. The molecule has 0 radical (unpaired) electrons. The van der Waals surface area contributed by atoms with Crippen LogP contribution in [0.1, 0.15) is 29.7 Å². The third kappa shape index (κ3) is 2.57. The third-order valence-electron chi connectivity index (χ3n) is 5.06. The zero-order chi connectivity index (χ0) is 16.0. The van der Waals surface area contributed by atoms with Crippen LogP contribution >= 0.6 is 11.3 Å². The van der Waals surface area contributed by atoms with E-state index >= 15 is 0 Å². The summed E-state index contributed by atoms with van der Waals surface area (Å²) in [4.78, 5) is 25.2. The van der Waals surface area contributed by atoms with Crippen molar-refractivity contribution in [2.45, 2.75) is 38.1 Å². The number of hydrogen-bond acceptors (Lipinski definition) is 6. The van der Waals surface area contributed by atoms with E-state index in [0.29, 0.717) is 0 Å². The van der Waals surface area contributed by atoms with E-state index in [0.717, 1.165) is 55.8 Å². The van der Waals surface area contributed by atoms with Crippen molar-refractivity contribution in [3.63, 3.8) is 0 Å². The molecule has 1 aliphatic heterocycles. The maximum Gasteiger partial charge on any atom is 0.220 e. The van der Waals surface area contributed by atoms with Gasteiger partial charge in [-0.2, -0.15) is 0 Å². The molecule has 2 aromatic heterocycles. The van der Waals surface area contributed by atoms with Crippen LogP contribution in [-0.4, -0.2) is 35.0 Å². The van der Waals surface area contributed by atoms with Gasteiger partial charge in [0.15, 0.2) is 0 Å². The second-order valence-corrected chi connectivity index (χ2v) is 7.63. The van der Waals surface area contributed by atoms with E-state index in [-0.39, 0.29) is 17.9 Å². The average molecular weight is 331 g/mol. The molecule has 4 rings (SSSR count). The average Bonchev–Trinajstić information content (AvgIpc) is 2.93. The van der Waals surface area contributed by atoms with Crippen molar-refractivity contribution in [2.24, 2.45) is 17.4 Å². The molecule has 0 unspecified atom stereocenters. The molecule has 122 valence electrons. The molecule has 23 heavy (non-hydrogen) atoms. The Bertz CT molecular complexity index is 750. The van der Waals surface area contributed by atoms with Gasteiger partial charge in [0.25, 0.3) is 0 Å². The van der Waals surface area contributed by atoms with Gasteiger partial charge < -0.3 is 16.4 Å². The smallest absolute Gasteiger partial charge is 0.220 e. The second-order valence-electron chi connectivity index (χ2n) is 6.55. The Morgan fingerprint density at radius 1 is 1.26 bits per heavy atom. The first-order valence-electron chi connectivity index (χ1n) is 8.18. The minimum Gasteiger partial charge on any atom is -0.369 e. The summed E-state index contributed by atoms with van der Waals surface area (Å²) < 4.78 is 0. The summed E-state index contributed by atoms with van der Waals surface area (Å²) in [5.74, 6) is 0.814. The number of carbonyl (C=O) groups is 1. The van der Waals surface area contributed by atoms with Crippen LogP contribution in [0.5, 0.6) is 0 Å². The maximum atomic E-state index is 11.4. The van der Waals surface area contributed by atoms with E-state index in [1.54, 1.807) is 17.7 Å². The number of nitrogens with zero attached hydrogens (tertiary/aromatic N) is 3. The second kappa shape index (κ2) is 5.72. The highest BCUT2D eigenvalue weighted by Gasteiger charge is 2.28. The summed E-state index contributed by atoms with van der Waals surface area (Å²) in [5.41, 5.74) is 13.0. The molecule has 1 saturated heterocycles. The Morgan fingerprint density at radius 3 is 2.78 bits per heavy atom. The quantitative estimate of drug-likeness (QED) is 0.862. The van der Waals surface area contributed by atoms with Crippen molar-refractivity contribution in [3.05, 3.63) is 16.8 Å². The summed E-state index contributed by atoms with van der Waals surface area (Å²) in [6.45, 7) is 1.63. The number of thiophene rings is 1. The standard InChI is InChI=1S/C16H21N5OS/c17-10-1-2-12-11(7-10)13-15(19-8-20-16(13)23-12)21-5-3-9(4-6-21)14(18)22/h8-10H,1-7,17H2,(H2,18,22)/t10-/m1/s1. The Labute approximate surface area is 138 Å². The molecule has 0 aromatic carbocycles. The molecule has 0 bridgehead atoms. The predicted molar refractivity (Wildman–Crippen MR) is 91.5 cm³/mol. The molecule has 0 saturated carbocycles. The number of piperidine rings is 1. The van der Waals surface area contributed by atoms with Gasteiger partial charge in [-0.1, -0.05) is 0 Å². The highest BCUT2D eigenvalue weighted by atomic mass is 32.1. The predicted octanol–water partition coefficient (Wildman–Crippen LogP) is 1.21. The summed E-state index contributed by atoms with van der Waals surface area (Å²) >= 11 is 1.78. The number of rotatable bonds is 2. The van der Waals surface area contributed by atoms with Crippen LogP contribution in [0.4, 0.5) is 5.82 Å². The molecular formula is C16H21N5OS. The number of nitrogens with two attached hydrogens (primary N) is 2. The van der Waals surface area contributed by atoms with E-state index in [1.807, 2.05) is 0 Å². The largest absolute Gasteiger partial charge is 0.369 e. The van der Waals surface area contributed by atoms with E-state index in [4.69, 9.17) is 11.5 Å². The fourth-order valence-electron chi connectivity index (χ4n) is 3.73. The van der Waals surface area contributed by atoms with Crippen molar-refractivity contribution in [2.75, 3.05) is 18.0 Å². The normalized spacial score (nSPS) is 22.3. The summed E-state index contributed by atoms with van der Waals surface area (Å²) in [6, 6.07) is 0.231. The first kappa shape index (κ1) is 14.8. The van der Waals surface area contributed by atoms with Crippen molar-refractivity contribution in [1.29, 1.82) is 0 Å². The monoisotopic (exact) mass is 331 g/mol. The number of amides is 1. The van der Waals surface area contributed by atoms with Crippen molar-refractivity contribution in [3.8, 4) is 0 Å². The summed E-state index contributed by atoms with van der Waals surface area (Å²) in [6.07, 6.45) is 6.25. The van der Waals surface area contributed by atoms with Crippen LogP contribution in [-0.2, 0) is 17.6 Å². The number of carbonyl (C=O) groups excluding carboxylic acids is 1. The van der Waals surface area contributed by atoms with Gasteiger partial charge in [-0.05, 0) is 37.7 Å².